The first-order chi connectivity index (χ1) is 7.29. The summed E-state index contributed by atoms with van der Waals surface area (Å²) in [5.41, 5.74) is 0. The second-order valence-electron chi connectivity index (χ2n) is 4.78. The van der Waals surface area contributed by atoms with Gasteiger partial charge in [-0.25, -0.2) is 0 Å². The molecule has 1 aromatic heterocycles. The zero-order valence-corrected chi connectivity index (χ0v) is 11.2. The first-order valence-electron chi connectivity index (χ1n) is 5.26. The van der Waals surface area contributed by atoms with E-state index < -0.39 is 0 Å². The molecule has 0 aliphatic heterocycles. The molecule has 0 radical (unpaired) electrons. The number of nitrogens with zero attached hydrogens (tertiary/aromatic N) is 2. The molecule has 5 heteroatoms. The van der Waals surface area contributed by atoms with Gasteiger partial charge in [-0.05, 0) is 13.8 Å². The van der Waals surface area contributed by atoms with E-state index in [1.807, 2.05) is 0 Å². The van der Waals surface area contributed by atoms with E-state index in [-0.39, 0.29) is 16.4 Å². The van der Waals surface area contributed by atoms with E-state index >= 15 is 0 Å². The maximum absolute atomic E-state index is 11.1. The lowest BCUT2D eigenvalue weighted by atomic mass is 10.1. The predicted octanol–water partition coefficient (Wildman–Crippen LogP) is 2.79. The number of hydrogen-bond acceptors (Lipinski definition) is 5. The van der Waals surface area contributed by atoms with Gasteiger partial charge >= 0.3 is 0 Å². The zero-order valence-electron chi connectivity index (χ0n) is 10.4. The van der Waals surface area contributed by atoms with Gasteiger partial charge < -0.3 is 4.52 Å². The van der Waals surface area contributed by atoms with Crippen LogP contribution < -0.4 is 0 Å². The molecule has 0 saturated carbocycles. The van der Waals surface area contributed by atoms with Crippen LogP contribution in [0.15, 0.2) is 4.52 Å². The number of carbonyl (C=O) groups is 1. The molecular formula is C11H18N2O2S. The highest BCUT2D eigenvalue weighted by Gasteiger charge is 2.19. The normalized spacial score (nSPS) is 13.8. The van der Waals surface area contributed by atoms with Crippen LogP contribution in [0, 0.1) is 0 Å². The number of aromatic nitrogens is 2. The summed E-state index contributed by atoms with van der Waals surface area (Å²) < 4.78 is 5.23. The van der Waals surface area contributed by atoms with Gasteiger partial charge in [0, 0.05) is 4.75 Å². The largest absolute Gasteiger partial charge is 0.339 e. The quantitative estimate of drug-likeness (QED) is 0.812. The average Bonchev–Trinajstić information content (AvgIpc) is 2.60. The van der Waals surface area contributed by atoms with E-state index in [1.165, 1.54) is 6.92 Å². The molecule has 0 aromatic carbocycles. The lowest BCUT2D eigenvalue weighted by molar-refractivity contribution is -0.118. The highest BCUT2D eigenvalue weighted by atomic mass is 32.2. The first-order valence-corrected chi connectivity index (χ1v) is 6.25. The third-order valence-electron chi connectivity index (χ3n) is 2.10. The van der Waals surface area contributed by atoms with Gasteiger partial charge in [0.1, 0.15) is 5.78 Å². The van der Waals surface area contributed by atoms with Crippen molar-refractivity contribution in [3.8, 4) is 0 Å². The second-order valence-corrected chi connectivity index (χ2v) is 6.58. The highest BCUT2D eigenvalue weighted by Crippen LogP contribution is 2.26. The molecule has 0 aliphatic rings. The minimum atomic E-state index is -0.305. The summed E-state index contributed by atoms with van der Waals surface area (Å²) in [5.74, 6) is 1.51. The van der Waals surface area contributed by atoms with Crippen molar-refractivity contribution in [2.24, 2.45) is 0 Å². The van der Waals surface area contributed by atoms with Gasteiger partial charge in [0.15, 0.2) is 5.82 Å². The standard InChI is InChI=1S/C11H18N2O2S/c1-7(8(2)14)10-12-9(13-15-10)6-16-11(3,4)5/h7H,6H2,1-5H3. The summed E-state index contributed by atoms with van der Waals surface area (Å²) in [6.07, 6.45) is 0. The lowest BCUT2D eigenvalue weighted by Gasteiger charge is -2.15. The van der Waals surface area contributed by atoms with Gasteiger partial charge in [-0.15, -0.1) is 11.8 Å². The Morgan fingerprint density at radius 3 is 2.62 bits per heavy atom. The molecule has 90 valence electrons. The number of Topliss-reactive ketones (excluding diaryl/α,β-unsaturated/α-hetero) is 1. The molecule has 4 nitrogen and oxygen atoms in total. The molecule has 1 atom stereocenters. The van der Waals surface area contributed by atoms with E-state index in [0.717, 1.165) is 0 Å². The Kier molecular flexibility index (Phi) is 4.13. The maximum atomic E-state index is 11.1. The van der Waals surface area contributed by atoms with E-state index in [9.17, 15) is 4.79 Å². The number of hydrogen-bond donors (Lipinski definition) is 0. The van der Waals surface area contributed by atoms with Crippen LogP contribution in [0.5, 0.6) is 0 Å². The molecule has 16 heavy (non-hydrogen) atoms. The number of rotatable bonds is 4. The van der Waals surface area contributed by atoms with Gasteiger partial charge in [-0.1, -0.05) is 25.9 Å². The fourth-order valence-corrected chi connectivity index (χ4v) is 1.64. The molecule has 1 rings (SSSR count). The zero-order chi connectivity index (χ0) is 12.3. The van der Waals surface area contributed by atoms with Crippen molar-refractivity contribution in [3.05, 3.63) is 11.7 Å². The van der Waals surface area contributed by atoms with Crippen LogP contribution in [0.3, 0.4) is 0 Å². The van der Waals surface area contributed by atoms with Gasteiger partial charge in [-0.3, -0.25) is 4.79 Å². The molecule has 0 N–H and O–H groups in total. The third-order valence-corrected chi connectivity index (χ3v) is 3.37. The molecule has 1 unspecified atom stereocenters. The first kappa shape index (κ1) is 13.2. The Hall–Kier alpha value is -0.840. The maximum Gasteiger partial charge on any atom is 0.236 e. The van der Waals surface area contributed by atoms with Crippen molar-refractivity contribution in [3.63, 3.8) is 0 Å². The van der Waals surface area contributed by atoms with Gasteiger partial charge in [0.2, 0.25) is 5.89 Å². The van der Waals surface area contributed by atoms with Crippen LogP contribution in [0.2, 0.25) is 0 Å². The van der Waals surface area contributed by atoms with Crippen LogP contribution in [0.4, 0.5) is 0 Å². The van der Waals surface area contributed by atoms with Gasteiger partial charge in [-0.2, -0.15) is 4.98 Å². The summed E-state index contributed by atoms with van der Waals surface area (Å²) >= 11 is 1.75. The number of carbonyl (C=O) groups excluding carboxylic acids is 1. The monoisotopic (exact) mass is 242 g/mol. The van der Waals surface area contributed by atoms with E-state index in [2.05, 4.69) is 30.9 Å². The van der Waals surface area contributed by atoms with Crippen molar-refractivity contribution in [1.82, 2.24) is 10.1 Å². The van der Waals surface area contributed by atoms with Crippen LogP contribution in [0.25, 0.3) is 0 Å². The fourth-order valence-electron chi connectivity index (χ4n) is 0.957. The van der Waals surface area contributed by atoms with Crippen molar-refractivity contribution in [1.29, 1.82) is 0 Å². The molecule has 0 spiro atoms. The summed E-state index contributed by atoms with van der Waals surface area (Å²) in [5, 5.41) is 3.86. The minimum absolute atomic E-state index is 0.0404. The van der Waals surface area contributed by atoms with Crippen molar-refractivity contribution in [2.45, 2.75) is 51.0 Å². The van der Waals surface area contributed by atoms with Crippen LogP contribution in [-0.4, -0.2) is 20.7 Å². The van der Waals surface area contributed by atoms with Crippen LogP contribution in [0.1, 0.15) is 52.3 Å². The molecular weight excluding hydrogens is 224 g/mol. The molecule has 0 amide bonds. The average molecular weight is 242 g/mol. The van der Waals surface area contributed by atoms with Crippen LogP contribution in [-0.2, 0) is 10.5 Å². The van der Waals surface area contributed by atoms with Crippen LogP contribution >= 0.6 is 11.8 Å². The fraction of sp³-hybridized carbons (Fsp3) is 0.727. The van der Waals surface area contributed by atoms with Gasteiger partial charge in [0.05, 0.1) is 11.7 Å². The Bertz CT molecular complexity index is 368. The Morgan fingerprint density at radius 1 is 1.50 bits per heavy atom. The SMILES string of the molecule is CC(=O)C(C)c1nc(CSC(C)(C)C)no1. The van der Waals surface area contributed by atoms with Gasteiger partial charge in [0.25, 0.3) is 0 Å². The highest BCUT2D eigenvalue weighted by molar-refractivity contribution is 7.99. The number of thioether (sulfide) groups is 1. The van der Waals surface area contributed by atoms with E-state index in [4.69, 9.17) is 4.52 Å². The summed E-state index contributed by atoms with van der Waals surface area (Å²) in [6, 6.07) is 0. The smallest absolute Gasteiger partial charge is 0.236 e. The Labute approximate surface area is 100 Å². The summed E-state index contributed by atoms with van der Waals surface area (Å²) in [7, 11) is 0. The summed E-state index contributed by atoms with van der Waals surface area (Å²) in [6.45, 7) is 9.71. The topological polar surface area (TPSA) is 56.0 Å². The molecule has 0 aliphatic carbocycles. The minimum Gasteiger partial charge on any atom is -0.339 e. The molecule has 1 aromatic rings. The lowest BCUT2D eigenvalue weighted by Crippen LogP contribution is -2.08. The van der Waals surface area contributed by atoms with Crippen molar-refractivity contribution < 1.29 is 9.32 Å². The third kappa shape index (κ3) is 3.96. The Morgan fingerprint density at radius 2 is 2.12 bits per heavy atom. The van der Waals surface area contributed by atoms with Crippen molar-refractivity contribution >= 4 is 17.5 Å². The Balaban J connectivity index is 2.62. The van der Waals surface area contributed by atoms with Crippen molar-refractivity contribution in [2.75, 3.05) is 0 Å². The van der Waals surface area contributed by atoms with E-state index in [0.29, 0.717) is 17.5 Å². The molecule has 0 fully saturated rings. The predicted molar refractivity (Wildman–Crippen MR) is 64.4 cm³/mol. The molecule has 0 saturated heterocycles. The summed E-state index contributed by atoms with van der Waals surface area (Å²) in [4.78, 5) is 15.4. The molecule has 1 heterocycles. The van der Waals surface area contributed by atoms with E-state index in [1.54, 1.807) is 18.7 Å². The second kappa shape index (κ2) is 4.99. The molecule has 0 bridgehead atoms. The number of ketones is 1.